The minimum atomic E-state index is -0.445. The van der Waals surface area contributed by atoms with E-state index in [-0.39, 0.29) is 39.1 Å². The van der Waals surface area contributed by atoms with Gasteiger partial charge in [-0.1, -0.05) is 121 Å². The summed E-state index contributed by atoms with van der Waals surface area (Å²) in [6.45, 7) is 18.4. The molecule has 0 radical (unpaired) electrons. The Balaban J connectivity index is 1.10. The van der Waals surface area contributed by atoms with Crippen LogP contribution in [0.4, 0.5) is 10.6 Å². The van der Waals surface area contributed by atoms with Crippen LogP contribution >= 0.6 is 0 Å². The Hall–Kier alpha value is -4.20. The molecule has 2 heterocycles. The largest absolute Gasteiger partial charge is 0.444 e. The average Bonchev–Trinajstić information content (AvgIpc) is 3.81. The number of nitrogens with zero attached hydrogens (tertiary/aromatic N) is 4. The minimum absolute atomic E-state index is 0.00756. The van der Waals surface area contributed by atoms with Crippen LogP contribution in [0.2, 0.25) is 0 Å². The predicted octanol–water partition coefficient (Wildman–Crippen LogP) is 10.8. The van der Waals surface area contributed by atoms with Gasteiger partial charge < -0.3 is 9.15 Å². The lowest BCUT2D eigenvalue weighted by atomic mass is 9.33. The molecule has 0 saturated heterocycles. The summed E-state index contributed by atoms with van der Waals surface area (Å²) in [6, 6.07) is 20.3. The normalized spacial score (nSPS) is 34.2. The summed E-state index contributed by atoms with van der Waals surface area (Å²) in [5, 5.41) is 17.5. The van der Waals surface area contributed by atoms with Crippen molar-refractivity contribution in [2.24, 2.45) is 39.4 Å². The Morgan fingerprint density at radius 3 is 2.31 bits per heavy atom. The summed E-state index contributed by atoms with van der Waals surface area (Å²) in [6.07, 6.45) is 13.8. The lowest BCUT2D eigenvalue weighted by molar-refractivity contribution is -0.155. The number of ether oxygens (including phenoxy) is 1. The fourth-order valence-corrected chi connectivity index (χ4v) is 13.4. The van der Waals surface area contributed by atoms with Crippen molar-refractivity contribution >= 4 is 11.9 Å². The molecule has 4 aromatic rings. The van der Waals surface area contributed by atoms with Crippen LogP contribution < -0.4 is 5.32 Å². The summed E-state index contributed by atoms with van der Waals surface area (Å²) in [7, 11) is 0. The fraction of sp³-hybridized carbons (Fsp3) is 0.574. The Morgan fingerprint density at radius 2 is 1.60 bits per heavy atom. The summed E-state index contributed by atoms with van der Waals surface area (Å²) >= 11 is 0. The number of hydrogen-bond donors (Lipinski definition) is 1. The lowest BCUT2D eigenvalue weighted by Crippen LogP contribution is -2.64. The number of allylic oxidation sites excluding steroid dienone is 2. The van der Waals surface area contributed by atoms with E-state index >= 15 is 0 Å². The van der Waals surface area contributed by atoms with Crippen molar-refractivity contribution < 1.29 is 13.9 Å². The Bertz CT molecular complexity index is 2100. The second-order valence-electron chi connectivity index (χ2n) is 20.0. The first-order chi connectivity index (χ1) is 26.2. The van der Waals surface area contributed by atoms with Crippen molar-refractivity contribution in [3.05, 3.63) is 107 Å². The molecule has 1 amide bonds. The van der Waals surface area contributed by atoms with E-state index in [2.05, 4.69) is 94.3 Å². The highest BCUT2D eigenvalue weighted by atomic mass is 16.5. The van der Waals surface area contributed by atoms with Gasteiger partial charge in [-0.2, -0.15) is 5.10 Å². The maximum Gasteiger partial charge on any atom is 0.413 e. The van der Waals surface area contributed by atoms with E-state index in [1.807, 2.05) is 41.1 Å². The van der Waals surface area contributed by atoms with E-state index < -0.39 is 6.09 Å². The number of benzene rings is 2. The third-order valence-corrected chi connectivity index (χ3v) is 16.4. The standard InChI is InChI=1S/C47H59N5O3/c1-42(2)22-24-47(40-50-48-30-55-40)25-23-45(6)34(35(47)27-42)18-19-37-44(5)26-33-38(43(3,4)36(44)20-21-46(37,45)7)51-52(28-31-14-10-8-11-15-31)39(33)49-41(53)54-29-32-16-12-9-13-17-32/h8-18,30,35-37H,19-29H2,1-7H3,(H,49,53)/t35?,36?,37?,44-,45+,46+,47-/m0/s1. The molecule has 2 aromatic carbocycles. The highest BCUT2D eigenvalue weighted by Crippen LogP contribution is 2.75. The van der Waals surface area contributed by atoms with Crippen molar-refractivity contribution in [2.75, 3.05) is 5.32 Å². The minimum Gasteiger partial charge on any atom is -0.444 e. The maximum atomic E-state index is 13.7. The van der Waals surface area contributed by atoms with E-state index in [9.17, 15) is 4.79 Å². The maximum absolute atomic E-state index is 13.7. The van der Waals surface area contributed by atoms with Crippen LogP contribution in [0.25, 0.3) is 0 Å². The quantitative estimate of drug-likeness (QED) is 0.198. The van der Waals surface area contributed by atoms with Gasteiger partial charge in [0.1, 0.15) is 12.4 Å². The molecule has 2 aromatic heterocycles. The number of aromatic nitrogens is 4. The summed E-state index contributed by atoms with van der Waals surface area (Å²) < 4.78 is 14.0. The Labute approximate surface area is 326 Å². The average molecular weight is 742 g/mol. The molecule has 0 aliphatic heterocycles. The number of carbonyl (C=O) groups excluding carboxylic acids is 1. The van der Waals surface area contributed by atoms with Gasteiger partial charge in [0.05, 0.1) is 17.7 Å². The zero-order chi connectivity index (χ0) is 38.4. The molecule has 290 valence electrons. The summed E-state index contributed by atoms with van der Waals surface area (Å²) in [5.74, 6) is 2.97. The first-order valence-electron chi connectivity index (χ1n) is 20.8. The Morgan fingerprint density at radius 1 is 0.891 bits per heavy atom. The van der Waals surface area contributed by atoms with Gasteiger partial charge in [-0.25, -0.2) is 9.48 Å². The van der Waals surface area contributed by atoms with Gasteiger partial charge in [-0.05, 0) is 108 Å². The van der Waals surface area contributed by atoms with E-state index in [1.54, 1.807) is 5.57 Å². The monoisotopic (exact) mass is 741 g/mol. The van der Waals surface area contributed by atoms with E-state index in [0.717, 1.165) is 73.5 Å². The Kier molecular flexibility index (Phi) is 8.39. The molecule has 1 N–H and O–H groups in total. The van der Waals surface area contributed by atoms with E-state index in [4.69, 9.17) is 14.3 Å². The molecular formula is C47H59N5O3. The lowest BCUT2D eigenvalue weighted by Gasteiger charge is -2.70. The third-order valence-electron chi connectivity index (χ3n) is 16.4. The second kappa shape index (κ2) is 12.7. The molecule has 0 bridgehead atoms. The molecule has 8 nitrogen and oxygen atoms in total. The first-order valence-corrected chi connectivity index (χ1v) is 20.8. The molecule has 55 heavy (non-hydrogen) atoms. The van der Waals surface area contributed by atoms with Crippen molar-refractivity contribution in [2.45, 2.75) is 130 Å². The van der Waals surface area contributed by atoms with Crippen LogP contribution in [0.3, 0.4) is 0 Å². The van der Waals surface area contributed by atoms with Crippen LogP contribution in [-0.2, 0) is 35.1 Å². The van der Waals surface area contributed by atoms with Gasteiger partial charge in [-0.3, -0.25) is 5.32 Å². The highest BCUT2D eigenvalue weighted by molar-refractivity contribution is 5.85. The van der Waals surface area contributed by atoms with Gasteiger partial charge in [0.15, 0.2) is 0 Å². The third kappa shape index (κ3) is 5.50. The van der Waals surface area contributed by atoms with Crippen molar-refractivity contribution in [1.82, 2.24) is 20.0 Å². The first kappa shape index (κ1) is 36.4. The molecule has 5 aliphatic carbocycles. The molecule has 3 fully saturated rings. The molecule has 9 rings (SSSR count). The van der Waals surface area contributed by atoms with Crippen LogP contribution in [0.1, 0.15) is 128 Å². The molecule has 7 atom stereocenters. The van der Waals surface area contributed by atoms with Crippen molar-refractivity contribution in [3.63, 3.8) is 0 Å². The van der Waals surface area contributed by atoms with E-state index in [0.29, 0.717) is 24.3 Å². The number of hydrogen-bond acceptors (Lipinski definition) is 6. The number of nitrogens with one attached hydrogen (secondary N) is 1. The van der Waals surface area contributed by atoms with E-state index in [1.165, 1.54) is 24.8 Å². The SMILES string of the molecule is CC1(C)CC[C@]2(c3nnco3)CC[C@]3(C)C(=CCC4[C@@]5(C)Cc6c(nn(Cc7ccccc7)c6NC(=O)OCc6ccccc6)C(C)(C)C5CC[C@]43C)C2C1. The van der Waals surface area contributed by atoms with Crippen LogP contribution in [-0.4, -0.2) is 26.1 Å². The van der Waals surface area contributed by atoms with Crippen molar-refractivity contribution in [1.29, 1.82) is 0 Å². The number of anilines is 1. The predicted molar refractivity (Wildman–Crippen MR) is 214 cm³/mol. The second-order valence-corrected chi connectivity index (χ2v) is 20.0. The summed E-state index contributed by atoms with van der Waals surface area (Å²) in [5.41, 5.74) is 6.25. The molecule has 0 spiro atoms. The van der Waals surface area contributed by atoms with Gasteiger partial charge in [0.2, 0.25) is 12.3 Å². The van der Waals surface area contributed by atoms with Gasteiger partial charge in [0.25, 0.3) is 0 Å². The topological polar surface area (TPSA) is 95.1 Å². The molecule has 3 unspecified atom stereocenters. The molecule has 8 heteroatoms. The smallest absolute Gasteiger partial charge is 0.413 e. The highest BCUT2D eigenvalue weighted by Gasteiger charge is 2.69. The summed E-state index contributed by atoms with van der Waals surface area (Å²) in [4.78, 5) is 13.7. The van der Waals surface area contributed by atoms with Gasteiger partial charge in [0, 0.05) is 11.0 Å². The van der Waals surface area contributed by atoms with Crippen LogP contribution in [0.15, 0.2) is 83.1 Å². The number of rotatable bonds is 6. The molecule has 5 aliphatic rings. The number of carbonyl (C=O) groups is 1. The zero-order valence-electron chi connectivity index (χ0n) is 34.0. The van der Waals surface area contributed by atoms with Gasteiger partial charge in [-0.15, -0.1) is 10.2 Å². The van der Waals surface area contributed by atoms with Gasteiger partial charge >= 0.3 is 6.09 Å². The zero-order valence-corrected chi connectivity index (χ0v) is 34.0. The van der Waals surface area contributed by atoms with Crippen LogP contribution in [0.5, 0.6) is 0 Å². The van der Waals surface area contributed by atoms with Crippen molar-refractivity contribution in [3.8, 4) is 0 Å². The molecule has 3 saturated carbocycles. The number of amides is 1. The van der Waals surface area contributed by atoms with Crippen LogP contribution in [0, 0.1) is 39.4 Å². The number of fused-ring (bicyclic) bond motifs is 8. The molecular weight excluding hydrogens is 683 g/mol. The fourth-order valence-electron chi connectivity index (χ4n) is 13.4.